The summed E-state index contributed by atoms with van der Waals surface area (Å²) in [5.41, 5.74) is 0. The molecule has 78 heavy (non-hydrogen) atoms. The van der Waals surface area contributed by atoms with E-state index in [0.29, 0.717) is 17.4 Å². The molecular weight excluding hydrogens is 990 g/mol. The van der Waals surface area contributed by atoms with Crippen LogP contribution in [0.4, 0.5) is 0 Å². The largest absolute Gasteiger partial charge is 0.756 e. The van der Waals surface area contributed by atoms with Crippen molar-refractivity contribution >= 4 is 19.8 Å². The third-order valence-corrected chi connectivity index (χ3v) is 15.5. The van der Waals surface area contributed by atoms with Gasteiger partial charge in [-0.15, -0.1) is 0 Å². The Morgan fingerprint density at radius 1 is 0.410 bits per heavy atom. The SMILES string of the molecule is CC/C=C\C/C=C\C/C=C\C/C=C\C/C=C\CCCCCCCCCCCCCCCCCCCC(=O)OC(COC(=O)CCCCCCCCCCCCCCCCCCCCCCC)COP(=O)([O-])OCC[N+](C)(C)C. The second-order valence-corrected chi connectivity index (χ2v) is 24.9. The normalized spacial score (nSPS) is 13.6. The number of hydrogen-bond donors (Lipinski definition) is 0. The van der Waals surface area contributed by atoms with Crippen LogP contribution in [0.25, 0.3) is 0 Å². The smallest absolute Gasteiger partial charge is 0.306 e. The van der Waals surface area contributed by atoms with Gasteiger partial charge in [-0.25, -0.2) is 0 Å². The minimum absolute atomic E-state index is 0.0293. The van der Waals surface area contributed by atoms with Gasteiger partial charge in [-0.2, -0.15) is 0 Å². The number of hydrogen-bond acceptors (Lipinski definition) is 8. The van der Waals surface area contributed by atoms with Crippen molar-refractivity contribution in [3.63, 3.8) is 0 Å². The highest BCUT2D eigenvalue weighted by Gasteiger charge is 2.22. The molecule has 9 nitrogen and oxygen atoms in total. The van der Waals surface area contributed by atoms with E-state index in [1.807, 2.05) is 21.1 Å². The summed E-state index contributed by atoms with van der Waals surface area (Å²) in [5, 5.41) is 0. The van der Waals surface area contributed by atoms with Crippen molar-refractivity contribution in [2.75, 3.05) is 47.5 Å². The lowest BCUT2D eigenvalue weighted by Crippen LogP contribution is -2.37. The third-order valence-electron chi connectivity index (χ3n) is 14.6. The number of phosphoric acid groups is 1. The standard InChI is InChI=1S/C68H126NO8P/c1-6-8-10-12-14-16-18-20-22-24-26-28-29-30-31-32-33-34-35-36-37-38-39-41-43-45-47-49-51-53-55-57-59-61-68(71)77-66(65-76-78(72,73)75-63-62-69(3,4)5)64-74-67(70)60-58-56-54-52-50-48-46-44-42-40-27-25-23-21-19-17-15-13-11-9-7-2/h8,10,14,16,20,22,26,28,30-31,66H,6-7,9,11-13,15,17-19,21,23-25,27,29,32-65H2,1-5H3/b10-8-,16-14-,22-20-,28-26-,31-30-. The predicted molar refractivity (Wildman–Crippen MR) is 333 cm³/mol. The Labute approximate surface area is 483 Å². The maximum Gasteiger partial charge on any atom is 0.306 e. The average molecular weight is 1120 g/mol. The van der Waals surface area contributed by atoms with Crippen molar-refractivity contribution in [3.05, 3.63) is 60.8 Å². The highest BCUT2D eigenvalue weighted by atomic mass is 31.2. The number of likely N-dealkylation sites (N-methyl/N-ethyl adjacent to an activating group) is 1. The number of phosphoric ester groups is 1. The van der Waals surface area contributed by atoms with E-state index in [1.165, 1.54) is 205 Å². The molecule has 2 atom stereocenters. The summed E-state index contributed by atoms with van der Waals surface area (Å²) >= 11 is 0. The molecule has 0 heterocycles. The topological polar surface area (TPSA) is 111 Å². The van der Waals surface area contributed by atoms with E-state index < -0.39 is 26.5 Å². The van der Waals surface area contributed by atoms with Gasteiger partial charge in [0.05, 0.1) is 27.7 Å². The molecule has 0 N–H and O–H groups in total. The summed E-state index contributed by atoms with van der Waals surface area (Å²) in [6, 6.07) is 0. The van der Waals surface area contributed by atoms with Gasteiger partial charge >= 0.3 is 11.9 Å². The lowest BCUT2D eigenvalue weighted by molar-refractivity contribution is -0.870. The summed E-state index contributed by atoms with van der Waals surface area (Å²) in [4.78, 5) is 38.0. The Bertz CT molecular complexity index is 1500. The first-order valence-corrected chi connectivity index (χ1v) is 34.5. The van der Waals surface area contributed by atoms with Gasteiger partial charge in [0.25, 0.3) is 7.82 Å². The fraction of sp³-hybridized carbons (Fsp3) is 0.824. The molecule has 456 valence electrons. The quantitative estimate of drug-likeness (QED) is 0.0195. The van der Waals surface area contributed by atoms with Crippen LogP contribution in [0.15, 0.2) is 60.8 Å². The number of unbranched alkanes of at least 4 members (excludes halogenated alkanes) is 37. The first kappa shape index (κ1) is 75.7. The van der Waals surface area contributed by atoms with Crippen molar-refractivity contribution in [2.45, 2.75) is 315 Å². The maximum absolute atomic E-state index is 12.8. The third kappa shape index (κ3) is 62.9. The van der Waals surface area contributed by atoms with E-state index in [-0.39, 0.29) is 32.0 Å². The van der Waals surface area contributed by atoms with E-state index in [0.717, 1.165) is 70.6 Å². The Morgan fingerprint density at radius 3 is 1.09 bits per heavy atom. The Kier molecular flexibility index (Phi) is 57.6. The molecule has 2 unspecified atom stereocenters. The zero-order valence-electron chi connectivity index (χ0n) is 51.9. The molecule has 0 bridgehead atoms. The highest BCUT2D eigenvalue weighted by Crippen LogP contribution is 2.38. The number of carbonyl (C=O) groups excluding carboxylic acids is 2. The summed E-state index contributed by atoms with van der Waals surface area (Å²) in [5.74, 6) is -0.817. The Balaban J connectivity index is 4.03. The molecule has 0 aliphatic carbocycles. The van der Waals surface area contributed by atoms with Crippen molar-refractivity contribution in [3.8, 4) is 0 Å². The van der Waals surface area contributed by atoms with Gasteiger partial charge < -0.3 is 27.9 Å². The first-order valence-electron chi connectivity index (χ1n) is 33.0. The molecule has 0 fully saturated rings. The van der Waals surface area contributed by atoms with Crippen molar-refractivity contribution in [1.29, 1.82) is 0 Å². The van der Waals surface area contributed by atoms with Crippen LogP contribution < -0.4 is 4.89 Å². The lowest BCUT2D eigenvalue weighted by Gasteiger charge is -2.28. The van der Waals surface area contributed by atoms with Crippen LogP contribution in [0.2, 0.25) is 0 Å². The van der Waals surface area contributed by atoms with Gasteiger partial charge in [-0.1, -0.05) is 299 Å². The minimum Gasteiger partial charge on any atom is -0.756 e. The molecule has 0 aromatic carbocycles. The average Bonchev–Trinajstić information content (AvgIpc) is 3.41. The number of rotatable bonds is 61. The molecule has 0 saturated heterocycles. The molecule has 0 aliphatic rings. The number of esters is 2. The summed E-state index contributed by atoms with van der Waals surface area (Å²) in [6.45, 7) is 4.18. The number of nitrogens with zero attached hydrogens (tertiary/aromatic N) is 1. The summed E-state index contributed by atoms with van der Waals surface area (Å²) < 4.78 is 34.3. The maximum atomic E-state index is 12.8. The molecule has 0 saturated carbocycles. The zero-order valence-corrected chi connectivity index (χ0v) is 52.8. The highest BCUT2D eigenvalue weighted by molar-refractivity contribution is 7.45. The van der Waals surface area contributed by atoms with Crippen LogP contribution in [0.1, 0.15) is 309 Å². The van der Waals surface area contributed by atoms with Crippen LogP contribution in [0.5, 0.6) is 0 Å². The van der Waals surface area contributed by atoms with Gasteiger partial charge in [0.2, 0.25) is 0 Å². The molecule has 0 aliphatic heterocycles. The lowest BCUT2D eigenvalue weighted by atomic mass is 10.0. The van der Waals surface area contributed by atoms with Gasteiger partial charge in [0.1, 0.15) is 19.8 Å². The minimum atomic E-state index is -4.64. The molecule has 0 spiro atoms. The fourth-order valence-electron chi connectivity index (χ4n) is 9.51. The molecule has 10 heteroatoms. The van der Waals surface area contributed by atoms with Crippen LogP contribution in [-0.4, -0.2) is 70.0 Å². The van der Waals surface area contributed by atoms with E-state index in [4.69, 9.17) is 18.5 Å². The summed E-state index contributed by atoms with van der Waals surface area (Å²) in [6.07, 6.45) is 77.2. The second-order valence-electron chi connectivity index (χ2n) is 23.5. The first-order chi connectivity index (χ1) is 38.0. The summed E-state index contributed by atoms with van der Waals surface area (Å²) in [7, 11) is 1.18. The van der Waals surface area contributed by atoms with Crippen molar-refractivity contribution in [1.82, 2.24) is 0 Å². The van der Waals surface area contributed by atoms with Crippen LogP contribution in [0.3, 0.4) is 0 Å². The van der Waals surface area contributed by atoms with E-state index in [1.54, 1.807) is 0 Å². The van der Waals surface area contributed by atoms with E-state index in [2.05, 4.69) is 74.6 Å². The van der Waals surface area contributed by atoms with Gasteiger partial charge in [0.15, 0.2) is 6.10 Å². The van der Waals surface area contributed by atoms with E-state index in [9.17, 15) is 19.0 Å². The van der Waals surface area contributed by atoms with Crippen LogP contribution in [-0.2, 0) is 32.7 Å². The number of quaternary nitrogens is 1. The predicted octanol–water partition coefficient (Wildman–Crippen LogP) is 20.4. The Hall–Kier alpha value is -2.29. The Morgan fingerprint density at radius 2 is 0.731 bits per heavy atom. The second kappa shape index (κ2) is 59.3. The van der Waals surface area contributed by atoms with Gasteiger partial charge in [-0.3, -0.25) is 14.2 Å². The molecule has 0 aromatic heterocycles. The number of allylic oxidation sites excluding steroid dienone is 10. The van der Waals surface area contributed by atoms with Crippen LogP contribution in [0, 0.1) is 0 Å². The van der Waals surface area contributed by atoms with Crippen molar-refractivity contribution < 1.29 is 42.1 Å². The molecule has 0 amide bonds. The molecular formula is C68H126NO8P. The molecule has 0 rings (SSSR count). The van der Waals surface area contributed by atoms with E-state index >= 15 is 0 Å². The van der Waals surface area contributed by atoms with Gasteiger partial charge in [0, 0.05) is 12.8 Å². The molecule has 0 aromatic rings. The fourth-order valence-corrected chi connectivity index (χ4v) is 10.2. The van der Waals surface area contributed by atoms with Crippen LogP contribution >= 0.6 is 7.82 Å². The zero-order chi connectivity index (χ0) is 57.0. The van der Waals surface area contributed by atoms with Gasteiger partial charge in [-0.05, 0) is 57.8 Å². The number of carbonyl (C=O) groups is 2. The van der Waals surface area contributed by atoms with Crippen molar-refractivity contribution in [2.24, 2.45) is 0 Å². The monoisotopic (exact) mass is 1120 g/mol. The number of ether oxygens (including phenoxy) is 2. The molecule has 0 radical (unpaired) electrons.